The van der Waals surface area contributed by atoms with Crippen LogP contribution in [0.15, 0.2) is 0 Å². The molecule has 0 radical (unpaired) electrons. The molecule has 1 rings (SSSR count). The Morgan fingerprint density at radius 2 is 2.00 bits per heavy atom. The van der Waals surface area contributed by atoms with Gasteiger partial charge in [0.15, 0.2) is 0 Å². The number of hydrogen-bond donors (Lipinski definition) is 3. The molecular weight excluding hydrogens is 222 g/mol. The Labute approximate surface area is 103 Å². The second-order valence-corrected chi connectivity index (χ2v) is 4.97. The van der Waals surface area contributed by atoms with E-state index in [0.717, 1.165) is 12.8 Å². The van der Waals surface area contributed by atoms with Crippen LogP contribution in [-0.4, -0.2) is 60.9 Å². The van der Waals surface area contributed by atoms with E-state index in [9.17, 15) is 5.11 Å². The van der Waals surface area contributed by atoms with Crippen LogP contribution in [0.25, 0.3) is 0 Å². The highest BCUT2D eigenvalue weighted by atomic mass is 16.5. The Balaban J connectivity index is 1.92. The third-order valence-corrected chi connectivity index (χ3v) is 2.86. The van der Waals surface area contributed by atoms with Crippen LogP contribution in [0, 0.1) is 0 Å². The minimum atomic E-state index is -0.530. The average Bonchev–Trinajstić information content (AvgIpc) is 3.06. The smallest absolute Gasteiger partial charge is 0.0897 e. The van der Waals surface area contributed by atoms with Gasteiger partial charge in [0.1, 0.15) is 0 Å². The first kappa shape index (κ1) is 14.9. The molecule has 0 aliphatic heterocycles. The standard InChI is InChI=1S/C12H25NO4/c1-10(2)17-6-5-16-8-11(15)7-13-12(9-14)3-4-12/h10-11,13-15H,3-9H2,1-2H3. The largest absolute Gasteiger partial charge is 0.394 e. The van der Waals surface area contributed by atoms with E-state index in [2.05, 4.69) is 5.32 Å². The summed E-state index contributed by atoms with van der Waals surface area (Å²) in [6.45, 7) is 5.91. The van der Waals surface area contributed by atoms with Gasteiger partial charge in [0, 0.05) is 12.1 Å². The van der Waals surface area contributed by atoms with E-state index in [1.807, 2.05) is 13.8 Å². The van der Waals surface area contributed by atoms with Crippen molar-refractivity contribution in [3.05, 3.63) is 0 Å². The van der Waals surface area contributed by atoms with E-state index in [4.69, 9.17) is 14.6 Å². The molecule has 3 N–H and O–H groups in total. The molecule has 0 aromatic carbocycles. The van der Waals surface area contributed by atoms with E-state index in [1.165, 1.54) is 0 Å². The summed E-state index contributed by atoms with van der Waals surface area (Å²) in [7, 11) is 0. The first-order chi connectivity index (χ1) is 8.08. The summed E-state index contributed by atoms with van der Waals surface area (Å²) in [5.74, 6) is 0. The second-order valence-electron chi connectivity index (χ2n) is 4.97. The van der Waals surface area contributed by atoms with E-state index in [-0.39, 0.29) is 18.2 Å². The van der Waals surface area contributed by atoms with Crippen molar-refractivity contribution >= 4 is 0 Å². The van der Waals surface area contributed by atoms with Gasteiger partial charge in [-0.25, -0.2) is 0 Å². The molecular formula is C12H25NO4. The lowest BCUT2D eigenvalue weighted by Gasteiger charge is -2.18. The van der Waals surface area contributed by atoms with Gasteiger partial charge in [-0.3, -0.25) is 0 Å². The Hall–Kier alpha value is -0.200. The highest BCUT2D eigenvalue weighted by Crippen LogP contribution is 2.34. The van der Waals surface area contributed by atoms with Crippen LogP contribution >= 0.6 is 0 Å². The molecule has 0 aromatic rings. The molecule has 102 valence electrons. The molecule has 1 fully saturated rings. The summed E-state index contributed by atoms with van der Waals surface area (Å²) >= 11 is 0. The number of nitrogens with one attached hydrogen (secondary N) is 1. The predicted molar refractivity (Wildman–Crippen MR) is 65.0 cm³/mol. The molecule has 1 aliphatic carbocycles. The number of β-amino-alcohol motifs (C(OH)–C–C–N with tert-alkyl or cyclic N) is 1. The molecule has 1 unspecified atom stereocenters. The molecule has 0 aromatic heterocycles. The van der Waals surface area contributed by atoms with Crippen molar-refractivity contribution < 1.29 is 19.7 Å². The lowest BCUT2D eigenvalue weighted by atomic mass is 10.2. The third-order valence-electron chi connectivity index (χ3n) is 2.86. The van der Waals surface area contributed by atoms with Crippen molar-refractivity contribution in [1.82, 2.24) is 5.32 Å². The monoisotopic (exact) mass is 247 g/mol. The van der Waals surface area contributed by atoms with Gasteiger partial charge in [-0.2, -0.15) is 0 Å². The van der Waals surface area contributed by atoms with Gasteiger partial charge in [-0.05, 0) is 26.7 Å². The van der Waals surface area contributed by atoms with Crippen LogP contribution in [0.2, 0.25) is 0 Å². The molecule has 0 amide bonds. The number of aliphatic hydroxyl groups is 2. The number of ether oxygens (including phenoxy) is 2. The van der Waals surface area contributed by atoms with Gasteiger partial charge >= 0.3 is 0 Å². The fraction of sp³-hybridized carbons (Fsp3) is 1.00. The summed E-state index contributed by atoms with van der Waals surface area (Å²) < 4.78 is 10.6. The Morgan fingerprint density at radius 3 is 2.53 bits per heavy atom. The fourth-order valence-electron chi connectivity index (χ4n) is 1.50. The maximum atomic E-state index is 9.63. The van der Waals surface area contributed by atoms with Crippen molar-refractivity contribution in [2.24, 2.45) is 0 Å². The molecule has 0 saturated heterocycles. The third kappa shape index (κ3) is 6.33. The number of rotatable bonds is 10. The molecule has 17 heavy (non-hydrogen) atoms. The van der Waals surface area contributed by atoms with Gasteiger partial charge in [-0.15, -0.1) is 0 Å². The zero-order valence-corrected chi connectivity index (χ0v) is 10.8. The van der Waals surface area contributed by atoms with Gasteiger partial charge in [0.2, 0.25) is 0 Å². The summed E-state index contributed by atoms with van der Waals surface area (Å²) in [6, 6.07) is 0. The summed E-state index contributed by atoms with van der Waals surface area (Å²) in [6.07, 6.45) is 1.65. The molecule has 5 heteroatoms. The fourth-order valence-corrected chi connectivity index (χ4v) is 1.50. The molecule has 0 spiro atoms. The van der Waals surface area contributed by atoms with Crippen LogP contribution < -0.4 is 5.32 Å². The molecule has 1 aliphatic rings. The van der Waals surface area contributed by atoms with Crippen LogP contribution in [0.5, 0.6) is 0 Å². The Morgan fingerprint density at radius 1 is 1.29 bits per heavy atom. The van der Waals surface area contributed by atoms with Crippen LogP contribution in [0.3, 0.4) is 0 Å². The van der Waals surface area contributed by atoms with E-state index < -0.39 is 6.10 Å². The average molecular weight is 247 g/mol. The molecule has 1 saturated carbocycles. The maximum Gasteiger partial charge on any atom is 0.0897 e. The van der Waals surface area contributed by atoms with Gasteiger partial charge in [0.25, 0.3) is 0 Å². The van der Waals surface area contributed by atoms with Crippen LogP contribution in [0.1, 0.15) is 26.7 Å². The van der Waals surface area contributed by atoms with Crippen LogP contribution in [0.4, 0.5) is 0 Å². The summed E-state index contributed by atoms with van der Waals surface area (Å²) in [5, 5.41) is 21.9. The Bertz CT molecular complexity index is 207. The zero-order chi connectivity index (χ0) is 12.7. The molecule has 5 nitrogen and oxygen atoms in total. The van der Waals surface area contributed by atoms with Gasteiger partial charge in [0.05, 0.1) is 38.6 Å². The summed E-state index contributed by atoms with van der Waals surface area (Å²) in [5.41, 5.74) is -0.123. The molecule has 0 heterocycles. The van der Waals surface area contributed by atoms with Crippen molar-refractivity contribution in [2.75, 3.05) is 33.0 Å². The van der Waals surface area contributed by atoms with E-state index in [1.54, 1.807) is 0 Å². The number of hydrogen-bond acceptors (Lipinski definition) is 5. The minimum absolute atomic E-state index is 0.123. The quantitative estimate of drug-likeness (QED) is 0.470. The van der Waals surface area contributed by atoms with E-state index in [0.29, 0.717) is 26.4 Å². The summed E-state index contributed by atoms with van der Waals surface area (Å²) in [4.78, 5) is 0. The first-order valence-corrected chi connectivity index (χ1v) is 6.31. The van der Waals surface area contributed by atoms with Gasteiger partial charge in [-0.1, -0.05) is 0 Å². The Kier molecular flexibility index (Phi) is 6.37. The SMILES string of the molecule is CC(C)OCCOCC(O)CNC1(CO)CC1. The maximum absolute atomic E-state index is 9.63. The highest BCUT2D eigenvalue weighted by molar-refractivity contribution is 5.01. The number of aliphatic hydroxyl groups excluding tert-OH is 2. The van der Waals surface area contributed by atoms with Crippen molar-refractivity contribution in [3.63, 3.8) is 0 Å². The second kappa shape index (κ2) is 7.28. The first-order valence-electron chi connectivity index (χ1n) is 6.31. The van der Waals surface area contributed by atoms with Crippen LogP contribution in [-0.2, 0) is 9.47 Å². The normalized spacial score (nSPS) is 19.6. The lowest BCUT2D eigenvalue weighted by molar-refractivity contribution is -0.0111. The molecule has 1 atom stereocenters. The topological polar surface area (TPSA) is 71.0 Å². The predicted octanol–water partition coefficient (Wildman–Crippen LogP) is -0.0966. The van der Waals surface area contributed by atoms with E-state index >= 15 is 0 Å². The van der Waals surface area contributed by atoms with Crippen molar-refractivity contribution in [2.45, 2.75) is 44.4 Å². The zero-order valence-electron chi connectivity index (χ0n) is 10.8. The highest BCUT2D eigenvalue weighted by Gasteiger charge is 2.41. The van der Waals surface area contributed by atoms with Gasteiger partial charge < -0.3 is 25.0 Å². The van der Waals surface area contributed by atoms with Crippen molar-refractivity contribution in [3.8, 4) is 0 Å². The molecule has 0 bridgehead atoms. The lowest BCUT2D eigenvalue weighted by Crippen LogP contribution is -2.41. The van der Waals surface area contributed by atoms with Crippen molar-refractivity contribution in [1.29, 1.82) is 0 Å². The minimum Gasteiger partial charge on any atom is -0.394 e.